The highest BCUT2D eigenvalue weighted by Crippen LogP contribution is 2.14. The fourth-order valence-electron chi connectivity index (χ4n) is 1.16. The number of nitrogens with two attached hydrogens (primary N) is 2. The van der Waals surface area contributed by atoms with Crippen LogP contribution in [0.3, 0.4) is 0 Å². The van der Waals surface area contributed by atoms with Crippen LogP contribution >= 0.6 is 0 Å². The Morgan fingerprint density at radius 1 is 1.50 bits per heavy atom. The third-order valence-electron chi connectivity index (χ3n) is 1.80. The Hall–Kier alpha value is -1.19. The highest BCUT2D eigenvalue weighted by atomic mass is 15.4. The Morgan fingerprint density at radius 2 is 2.08 bits per heavy atom. The highest BCUT2D eigenvalue weighted by Gasteiger charge is 2.10. The molecule has 0 bridgehead atoms. The maximum Gasteiger partial charge on any atom is 0.145 e. The predicted molar refractivity (Wildman–Crippen MR) is 50.1 cm³/mol. The Bertz CT molecular complexity index is 275. The largest absolute Gasteiger partial charge is 0.382 e. The summed E-state index contributed by atoms with van der Waals surface area (Å²) in [4.78, 5) is 4.26. The van der Waals surface area contributed by atoms with E-state index in [2.05, 4.69) is 18.8 Å². The summed E-state index contributed by atoms with van der Waals surface area (Å²) in [5.74, 6) is 7.52. The van der Waals surface area contributed by atoms with Gasteiger partial charge >= 0.3 is 0 Å². The van der Waals surface area contributed by atoms with Crippen molar-refractivity contribution in [2.45, 2.75) is 27.2 Å². The van der Waals surface area contributed by atoms with Gasteiger partial charge in [-0.15, -0.1) is 0 Å². The highest BCUT2D eigenvalue weighted by molar-refractivity contribution is 5.38. The summed E-state index contributed by atoms with van der Waals surface area (Å²) >= 11 is 0. The fraction of sp³-hybridized carbons (Fsp3) is 0.625. The zero-order valence-electron chi connectivity index (χ0n) is 7.83. The van der Waals surface area contributed by atoms with Crippen molar-refractivity contribution in [3.05, 3.63) is 11.5 Å². The summed E-state index contributed by atoms with van der Waals surface area (Å²) in [7, 11) is 0. The lowest BCUT2D eigenvalue weighted by molar-refractivity contribution is 0.638. The molecule has 0 aliphatic carbocycles. The van der Waals surface area contributed by atoms with E-state index >= 15 is 0 Å². The summed E-state index contributed by atoms with van der Waals surface area (Å²) in [5.41, 5.74) is 6.63. The van der Waals surface area contributed by atoms with Crippen LogP contribution in [-0.4, -0.2) is 9.66 Å². The Kier molecular flexibility index (Phi) is 2.26. The van der Waals surface area contributed by atoms with E-state index in [1.165, 1.54) is 4.68 Å². The number of aryl methyl sites for hydroxylation is 1. The molecule has 0 radical (unpaired) electrons. The molecule has 0 fully saturated rings. The molecule has 0 atom stereocenters. The zero-order valence-corrected chi connectivity index (χ0v) is 7.83. The van der Waals surface area contributed by atoms with E-state index in [0.29, 0.717) is 11.7 Å². The molecule has 0 aliphatic rings. The van der Waals surface area contributed by atoms with Crippen molar-refractivity contribution >= 4 is 5.82 Å². The number of nitrogen functional groups attached to an aromatic ring is 2. The lowest BCUT2D eigenvalue weighted by Crippen LogP contribution is -2.13. The van der Waals surface area contributed by atoms with Gasteiger partial charge < -0.3 is 11.6 Å². The zero-order chi connectivity index (χ0) is 9.30. The fourth-order valence-corrected chi connectivity index (χ4v) is 1.16. The van der Waals surface area contributed by atoms with Crippen LogP contribution in [0.25, 0.3) is 0 Å². The van der Waals surface area contributed by atoms with E-state index in [1.807, 2.05) is 6.92 Å². The minimum Gasteiger partial charge on any atom is -0.382 e. The van der Waals surface area contributed by atoms with Crippen LogP contribution in [0.5, 0.6) is 0 Å². The molecule has 1 rings (SSSR count). The average molecular weight is 168 g/mol. The van der Waals surface area contributed by atoms with Crippen molar-refractivity contribution in [2.75, 3.05) is 11.6 Å². The third-order valence-corrected chi connectivity index (χ3v) is 1.80. The van der Waals surface area contributed by atoms with Gasteiger partial charge in [0.25, 0.3) is 0 Å². The third kappa shape index (κ3) is 1.52. The number of rotatable bonds is 2. The van der Waals surface area contributed by atoms with Gasteiger partial charge in [-0.1, -0.05) is 13.8 Å². The van der Waals surface area contributed by atoms with Crippen LogP contribution in [0.1, 0.15) is 25.4 Å². The molecule has 1 aromatic rings. The molecule has 0 aromatic carbocycles. The summed E-state index contributed by atoms with van der Waals surface area (Å²) in [5, 5.41) is 0. The first kappa shape index (κ1) is 8.90. The van der Waals surface area contributed by atoms with E-state index in [1.54, 1.807) is 0 Å². The van der Waals surface area contributed by atoms with Crippen molar-refractivity contribution < 1.29 is 0 Å². The van der Waals surface area contributed by atoms with Crippen LogP contribution in [0, 0.1) is 12.8 Å². The second kappa shape index (κ2) is 3.05. The lowest BCUT2D eigenvalue weighted by atomic mass is 10.1. The van der Waals surface area contributed by atoms with Gasteiger partial charge in [0, 0.05) is 0 Å². The molecule has 0 unspecified atom stereocenters. The number of hydrogen-bond acceptors (Lipinski definition) is 3. The topological polar surface area (TPSA) is 69.9 Å². The van der Waals surface area contributed by atoms with E-state index < -0.39 is 0 Å². The summed E-state index contributed by atoms with van der Waals surface area (Å²) in [6, 6.07) is 0. The van der Waals surface area contributed by atoms with Crippen molar-refractivity contribution in [1.82, 2.24) is 9.66 Å². The van der Waals surface area contributed by atoms with Crippen molar-refractivity contribution in [2.24, 2.45) is 5.92 Å². The standard InChI is InChI=1S/C8H16N4/c1-5(2)4-7-8(9)12(10)6(3)11-7/h5H,4,9-10H2,1-3H3. The first-order valence-corrected chi connectivity index (χ1v) is 4.11. The van der Waals surface area contributed by atoms with Gasteiger partial charge in [0.2, 0.25) is 0 Å². The maximum absolute atomic E-state index is 5.73. The molecule has 0 spiro atoms. The number of aromatic nitrogens is 2. The molecular formula is C8H16N4. The Labute approximate surface area is 72.5 Å². The molecular weight excluding hydrogens is 152 g/mol. The second-order valence-electron chi connectivity index (χ2n) is 3.46. The van der Waals surface area contributed by atoms with Crippen LogP contribution in [0.2, 0.25) is 0 Å². The summed E-state index contributed by atoms with van der Waals surface area (Å²) < 4.78 is 1.43. The lowest BCUT2D eigenvalue weighted by Gasteiger charge is -2.02. The number of hydrogen-bond donors (Lipinski definition) is 2. The molecule has 4 heteroatoms. The molecule has 0 aliphatic heterocycles. The summed E-state index contributed by atoms with van der Waals surface area (Å²) in [6.07, 6.45) is 0.886. The molecule has 12 heavy (non-hydrogen) atoms. The quantitative estimate of drug-likeness (QED) is 0.638. The van der Waals surface area contributed by atoms with Crippen molar-refractivity contribution in [1.29, 1.82) is 0 Å². The molecule has 4 nitrogen and oxygen atoms in total. The molecule has 68 valence electrons. The predicted octanol–water partition coefficient (Wildman–Crippen LogP) is 0.686. The van der Waals surface area contributed by atoms with Crippen LogP contribution in [0.4, 0.5) is 5.82 Å². The average Bonchev–Trinajstić information content (AvgIpc) is 2.17. The van der Waals surface area contributed by atoms with Gasteiger partial charge in [-0.05, 0) is 19.3 Å². The van der Waals surface area contributed by atoms with E-state index in [-0.39, 0.29) is 0 Å². The van der Waals surface area contributed by atoms with E-state index in [4.69, 9.17) is 11.6 Å². The van der Waals surface area contributed by atoms with Crippen LogP contribution in [-0.2, 0) is 6.42 Å². The first-order chi connectivity index (χ1) is 5.52. The summed E-state index contributed by atoms with van der Waals surface area (Å²) in [6.45, 7) is 6.11. The van der Waals surface area contributed by atoms with Crippen LogP contribution in [0.15, 0.2) is 0 Å². The monoisotopic (exact) mass is 168 g/mol. The number of imidazole rings is 1. The van der Waals surface area contributed by atoms with Crippen molar-refractivity contribution in [3.63, 3.8) is 0 Å². The van der Waals surface area contributed by atoms with Gasteiger partial charge in [0.1, 0.15) is 11.6 Å². The second-order valence-corrected chi connectivity index (χ2v) is 3.46. The smallest absolute Gasteiger partial charge is 0.145 e. The van der Waals surface area contributed by atoms with E-state index in [0.717, 1.165) is 17.9 Å². The van der Waals surface area contributed by atoms with Gasteiger partial charge in [0.05, 0.1) is 5.69 Å². The van der Waals surface area contributed by atoms with Crippen molar-refractivity contribution in [3.8, 4) is 0 Å². The molecule has 0 amide bonds. The van der Waals surface area contributed by atoms with E-state index in [9.17, 15) is 0 Å². The molecule has 1 heterocycles. The Balaban J connectivity index is 2.93. The normalized spacial score (nSPS) is 11.0. The van der Waals surface area contributed by atoms with Gasteiger partial charge in [-0.2, -0.15) is 0 Å². The molecule has 0 saturated carbocycles. The van der Waals surface area contributed by atoms with Gasteiger partial charge in [-0.3, -0.25) is 0 Å². The number of nitrogens with zero attached hydrogens (tertiary/aromatic N) is 2. The van der Waals surface area contributed by atoms with Gasteiger partial charge in [-0.25, -0.2) is 9.66 Å². The molecule has 1 aromatic heterocycles. The van der Waals surface area contributed by atoms with Crippen LogP contribution < -0.4 is 11.6 Å². The SMILES string of the molecule is Cc1nc(CC(C)C)c(N)n1N. The minimum atomic E-state index is 0.557. The maximum atomic E-state index is 5.73. The Morgan fingerprint density at radius 3 is 2.42 bits per heavy atom. The molecule has 4 N–H and O–H groups in total. The minimum absolute atomic E-state index is 0.557. The number of anilines is 1. The molecule has 0 saturated heterocycles. The van der Waals surface area contributed by atoms with Gasteiger partial charge in [0.15, 0.2) is 0 Å². The first-order valence-electron chi connectivity index (χ1n) is 4.11.